The Morgan fingerprint density at radius 1 is 0.927 bits per heavy atom. The van der Waals surface area contributed by atoms with Crippen molar-refractivity contribution in [2.75, 3.05) is 36.4 Å². The number of esters is 1. The zero-order valence-electron chi connectivity index (χ0n) is 22.8. The monoisotopic (exact) mass is 611 g/mol. The van der Waals surface area contributed by atoms with Gasteiger partial charge in [-0.2, -0.15) is 0 Å². The van der Waals surface area contributed by atoms with Gasteiger partial charge in [0.25, 0.3) is 0 Å². The molecule has 0 radical (unpaired) electrons. The van der Waals surface area contributed by atoms with Gasteiger partial charge < -0.3 is 31.7 Å². The highest BCUT2D eigenvalue weighted by Crippen LogP contribution is 2.18. The number of halogens is 3. The first-order valence-electron chi connectivity index (χ1n) is 13.1. The van der Waals surface area contributed by atoms with E-state index in [-0.39, 0.29) is 19.4 Å². The zero-order chi connectivity index (χ0) is 30.4. The fraction of sp³-hybridized carbons (Fsp3) is 0.429. The quantitative estimate of drug-likeness (QED) is 0.156. The molecule has 0 aliphatic carbocycles. The van der Waals surface area contributed by atoms with Crippen LogP contribution < -0.4 is 27.0 Å². The molecule has 2 aromatic rings. The lowest BCUT2D eigenvalue weighted by molar-refractivity contribution is -0.149. The topological polar surface area (TPSA) is 157 Å². The third-order valence-corrected chi connectivity index (χ3v) is 6.39. The summed E-state index contributed by atoms with van der Waals surface area (Å²) in [5, 5.41) is 5.13. The number of carbonyl (C=O) groups excluding carboxylic acids is 4. The Morgan fingerprint density at radius 2 is 1.56 bits per heavy atom. The molecular weight excluding hydrogens is 576 g/mol. The summed E-state index contributed by atoms with van der Waals surface area (Å²) in [4.78, 5) is 52.4. The van der Waals surface area contributed by atoms with Crippen LogP contribution in [0.2, 0.25) is 0 Å². The second kappa shape index (κ2) is 17.4. The lowest BCUT2D eigenvalue weighted by Crippen LogP contribution is -2.56. The SMILES string of the molecule is CCOC(=O)[C@H](CC(N)=O)NC(=O)[C@H](Cc1cccc(N(CCCl)CCCl)c1)NC(=O)[C@@H](N)Cc1ccc(F)cc1. The molecule has 2 rings (SSSR count). The van der Waals surface area contributed by atoms with Crippen LogP contribution in [-0.4, -0.2) is 73.3 Å². The van der Waals surface area contributed by atoms with E-state index in [9.17, 15) is 23.6 Å². The van der Waals surface area contributed by atoms with Gasteiger partial charge in [0.05, 0.1) is 19.1 Å². The highest BCUT2D eigenvalue weighted by atomic mass is 35.5. The van der Waals surface area contributed by atoms with E-state index in [0.717, 1.165) is 5.69 Å². The number of rotatable bonds is 17. The van der Waals surface area contributed by atoms with Crippen LogP contribution in [0, 0.1) is 5.82 Å². The van der Waals surface area contributed by atoms with Crippen molar-refractivity contribution in [3.8, 4) is 0 Å². The van der Waals surface area contributed by atoms with E-state index >= 15 is 0 Å². The molecule has 0 spiro atoms. The summed E-state index contributed by atoms with van der Waals surface area (Å²) >= 11 is 11.9. The highest BCUT2D eigenvalue weighted by molar-refractivity contribution is 6.18. The van der Waals surface area contributed by atoms with E-state index in [1.165, 1.54) is 24.3 Å². The average Bonchev–Trinajstić information content (AvgIpc) is 2.93. The molecule has 41 heavy (non-hydrogen) atoms. The van der Waals surface area contributed by atoms with Crippen LogP contribution in [0.15, 0.2) is 48.5 Å². The molecule has 0 aliphatic rings. The van der Waals surface area contributed by atoms with Crippen LogP contribution in [-0.2, 0) is 36.8 Å². The fourth-order valence-corrected chi connectivity index (χ4v) is 4.46. The van der Waals surface area contributed by atoms with Gasteiger partial charge >= 0.3 is 5.97 Å². The summed E-state index contributed by atoms with van der Waals surface area (Å²) in [6.07, 6.45) is -0.373. The van der Waals surface area contributed by atoms with Crippen molar-refractivity contribution in [3.05, 3.63) is 65.5 Å². The van der Waals surface area contributed by atoms with Crippen LogP contribution in [0.5, 0.6) is 0 Å². The Balaban J connectivity index is 2.31. The summed E-state index contributed by atoms with van der Waals surface area (Å²) in [7, 11) is 0. The molecule has 0 bridgehead atoms. The van der Waals surface area contributed by atoms with Gasteiger partial charge in [0.2, 0.25) is 17.7 Å². The second-order valence-electron chi connectivity index (χ2n) is 9.22. The smallest absolute Gasteiger partial charge is 0.329 e. The van der Waals surface area contributed by atoms with Crippen molar-refractivity contribution in [2.24, 2.45) is 11.5 Å². The van der Waals surface area contributed by atoms with Gasteiger partial charge in [-0.25, -0.2) is 9.18 Å². The van der Waals surface area contributed by atoms with E-state index in [1.807, 2.05) is 17.0 Å². The normalized spacial score (nSPS) is 13.0. The molecule has 2 aromatic carbocycles. The number of amides is 3. The molecule has 0 saturated carbocycles. The van der Waals surface area contributed by atoms with Crippen molar-refractivity contribution >= 4 is 52.6 Å². The van der Waals surface area contributed by atoms with Gasteiger partial charge in [0, 0.05) is 37.0 Å². The molecule has 224 valence electrons. The molecular formula is C28H36Cl2FN5O5. The van der Waals surface area contributed by atoms with Crippen LogP contribution in [0.25, 0.3) is 0 Å². The summed E-state index contributed by atoms with van der Waals surface area (Å²) in [6, 6.07) is 9.25. The van der Waals surface area contributed by atoms with E-state index < -0.39 is 54.1 Å². The number of anilines is 1. The van der Waals surface area contributed by atoms with Crippen molar-refractivity contribution in [1.82, 2.24) is 10.6 Å². The minimum Gasteiger partial charge on any atom is -0.464 e. The molecule has 3 amide bonds. The number of carbonyl (C=O) groups is 4. The molecule has 6 N–H and O–H groups in total. The molecule has 10 nitrogen and oxygen atoms in total. The van der Waals surface area contributed by atoms with E-state index in [1.54, 1.807) is 19.1 Å². The standard InChI is InChI=1S/C28H36Cl2FN5O5/c1-2-41-28(40)24(17-25(33)37)35-27(39)23(34-26(38)22(32)15-18-6-8-20(31)9-7-18)16-19-4-3-5-21(14-19)36(12-10-29)13-11-30/h3-9,14,22-24H,2,10-13,15-17,32H2,1H3,(H2,33,37)(H,34,38)(H,35,39)/t22-,23-,24-/m0/s1. The van der Waals surface area contributed by atoms with Crippen molar-refractivity contribution in [2.45, 2.75) is 44.3 Å². The largest absolute Gasteiger partial charge is 0.464 e. The summed E-state index contributed by atoms with van der Waals surface area (Å²) < 4.78 is 18.2. The third kappa shape index (κ3) is 11.5. The number of nitrogens with two attached hydrogens (primary N) is 2. The predicted molar refractivity (Wildman–Crippen MR) is 156 cm³/mol. The van der Waals surface area contributed by atoms with Gasteiger partial charge in [-0.15, -0.1) is 23.2 Å². The number of hydrogen-bond acceptors (Lipinski definition) is 7. The number of alkyl halides is 2. The Hall–Kier alpha value is -3.41. The van der Waals surface area contributed by atoms with E-state index in [4.69, 9.17) is 39.4 Å². The highest BCUT2D eigenvalue weighted by Gasteiger charge is 2.30. The first-order valence-corrected chi connectivity index (χ1v) is 14.2. The lowest BCUT2D eigenvalue weighted by Gasteiger charge is -2.25. The molecule has 0 aliphatic heterocycles. The van der Waals surface area contributed by atoms with E-state index in [2.05, 4.69) is 10.6 Å². The van der Waals surface area contributed by atoms with Crippen LogP contribution in [0.4, 0.5) is 10.1 Å². The maximum atomic E-state index is 13.4. The number of nitrogens with one attached hydrogen (secondary N) is 2. The number of ether oxygens (including phenoxy) is 1. The van der Waals surface area contributed by atoms with Gasteiger partial charge in [-0.05, 0) is 48.7 Å². The lowest BCUT2D eigenvalue weighted by atomic mass is 10.0. The molecule has 0 fully saturated rings. The van der Waals surface area contributed by atoms with Gasteiger partial charge in [-0.3, -0.25) is 14.4 Å². The average molecular weight is 613 g/mol. The predicted octanol–water partition coefficient (Wildman–Crippen LogP) is 1.63. The first kappa shape index (κ1) is 33.8. The Labute approximate surface area is 248 Å². The van der Waals surface area contributed by atoms with Gasteiger partial charge in [0.1, 0.15) is 17.9 Å². The van der Waals surface area contributed by atoms with Crippen molar-refractivity contribution < 1.29 is 28.3 Å². The summed E-state index contributed by atoms with van der Waals surface area (Å²) in [6.45, 7) is 2.70. The number of primary amides is 1. The molecule has 0 heterocycles. The number of benzene rings is 2. The van der Waals surface area contributed by atoms with Crippen molar-refractivity contribution in [1.29, 1.82) is 0 Å². The van der Waals surface area contributed by atoms with Gasteiger partial charge in [0.15, 0.2) is 0 Å². The summed E-state index contributed by atoms with van der Waals surface area (Å²) in [5.74, 6) is -2.70. The first-order chi connectivity index (χ1) is 19.6. The maximum absolute atomic E-state index is 13.4. The number of nitrogens with zero attached hydrogens (tertiary/aromatic N) is 1. The van der Waals surface area contributed by atoms with Crippen LogP contribution in [0.1, 0.15) is 24.5 Å². The molecule has 3 atom stereocenters. The summed E-state index contributed by atoms with van der Waals surface area (Å²) in [5.41, 5.74) is 13.5. The number of hydrogen-bond donors (Lipinski definition) is 4. The second-order valence-corrected chi connectivity index (χ2v) is 9.98. The Kier molecular flexibility index (Phi) is 14.4. The van der Waals surface area contributed by atoms with Crippen molar-refractivity contribution in [3.63, 3.8) is 0 Å². The molecule has 0 saturated heterocycles. The Bertz CT molecular complexity index is 1160. The minimum absolute atomic E-state index is 0.0241. The zero-order valence-corrected chi connectivity index (χ0v) is 24.3. The molecule has 0 unspecified atom stereocenters. The van der Waals surface area contributed by atoms with E-state index in [0.29, 0.717) is 36.0 Å². The fourth-order valence-electron chi connectivity index (χ4n) is 4.05. The van der Waals surface area contributed by atoms with Crippen LogP contribution >= 0.6 is 23.2 Å². The van der Waals surface area contributed by atoms with Crippen LogP contribution in [0.3, 0.4) is 0 Å². The third-order valence-electron chi connectivity index (χ3n) is 6.06. The molecule has 0 aromatic heterocycles. The minimum atomic E-state index is -1.35. The Morgan fingerprint density at radius 3 is 2.15 bits per heavy atom. The van der Waals surface area contributed by atoms with Gasteiger partial charge in [-0.1, -0.05) is 24.3 Å². The maximum Gasteiger partial charge on any atom is 0.329 e. The molecule has 13 heteroatoms.